The number of nitrogens with one attached hydrogen (secondary N) is 12. The molecule has 2 aliphatic rings. The lowest BCUT2D eigenvalue weighted by molar-refractivity contribution is -0.870. The number of quaternary nitrogens is 1. The topological polar surface area (TPSA) is 416 Å². The number of benzene rings is 1. The van der Waals surface area contributed by atoms with Crippen LogP contribution in [0.2, 0.25) is 0 Å². The number of unbranched alkanes of at least 4 members (excludes halogenated alkanes) is 1. The van der Waals surface area contributed by atoms with Gasteiger partial charge in [-0.15, -0.1) is 0 Å². The molecule has 0 unspecified atom stereocenters. The van der Waals surface area contributed by atoms with Gasteiger partial charge in [0.1, 0.15) is 84.3 Å². The Hall–Kier alpha value is -8.54. The monoisotopic (exact) mass is 1530 g/mol. The summed E-state index contributed by atoms with van der Waals surface area (Å²) in [6.07, 6.45) is 2.09. The van der Waals surface area contributed by atoms with Gasteiger partial charge in [0.25, 0.3) is 5.91 Å². The minimum Gasteiger partial charge on any atom is -0.458 e. The number of hydrogen-bond donors (Lipinski definition) is 13. The van der Waals surface area contributed by atoms with E-state index in [9.17, 15) is 57.8 Å². The molecule has 0 saturated carbocycles. The van der Waals surface area contributed by atoms with E-state index >= 15 is 14.4 Å². The molecule has 30 heteroatoms. The van der Waals surface area contributed by atoms with Gasteiger partial charge in [-0.2, -0.15) is 0 Å². The van der Waals surface area contributed by atoms with Crippen molar-refractivity contribution in [3.63, 3.8) is 0 Å². The van der Waals surface area contributed by atoms with Gasteiger partial charge in [-0.3, -0.25) is 62.3 Å². The number of nitrogens with zero attached hydrogens (tertiary/aromatic N) is 2. The van der Waals surface area contributed by atoms with E-state index in [-0.39, 0.29) is 56.2 Å². The molecule has 3 rings (SSSR count). The van der Waals surface area contributed by atoms with Gasteiger partial charge in [-0.05, 0) is 112 Å². The molecule has 614 valence electrons. The number of hydrogen-bond acceptors (Lipinski definition) is 16. The molecular formula is C79H133N14O16+. The number of amides is 13. The number of carbonyl (C=O) groups is 14. The van der Waals surface area contributed by atoms with Gasteiger partial charge in [0.15, 0.2) is 0 Å². The van der Waals surface area contributed by atoms with Crippen molar-refractivity contribution in [3.05, 3.63) is 47.7 Å². The van der Waals surface area contributed by atoms with Crippen molar-refractivity contribution >= 4 is 82.8 Å². The Morgan fingerprint density at radius 3 is 1.67 bits per heavy atom. The lowest BCUT2D eigenvalue weighted by Gasteiger charge is -2.34. The van der Waals surface area contributed by atoms with E-state index in [1.54, 1.807) is 127 Å². The lowest BCUT2D eigenvalue weighted by Crippen LogP contribution is -2.64. The van der Waals surface area contributed by atoms with E-state index in [0.29, 0.717) is 48.7 Å². The van der Waals surface area contributed by atoms with Crippen LogP contribution in [0.1, 0.15) is 201 Å². The Kier molecular flexibility index (Phi) is 39.0. The maximum absolute atomic E-state index is 15.2. The summed E-state index contributed by atoms with van der Waals surface area (Å²) in [5.41, 5.74) is 0.380. The van der Waals surface area contributed by atoms with Crippen molar-refractivity contribution in [3.8, 4) is 0 Å². The SMILES string of the molecule is C/C=C1\NC(=O)[C@H](Cc2ccccc2)NC(=O)[C@@H](C(C)C)NC(=O)[C@@H]([C@H](C)CC)NC(=O)[C@H](NC(=O)[C@H](NC(=O)[C@H](CCCC[N+](C)(C)C)NC(=O)[C@H]2CCCN2C(=O)[C@H](NC(=O)[C@@H](NC(=O)[C@@H](NC(=O)[C@H](NC(=O)CC[C@@H](C)CC)C(C)C)[C@@H](C)O)C(C)C)C(C)C)[C@H](C)CC)[C@H](C)OC(=O)[C@H](C(C)C)NC1=O. The number of rotatable bonds is 35. The van der Waals surface area contributed by atoms with Gasteiger partial charge in [0, 0.05) is 19.4 Å². The fraction of sp³-hybridized carbons (Fsp3) is 0.722. The fourth-order valence-electron chi connectivity index (χ4n) is 12.7. The van der Waals surface area contributed by atoms with Crippen LogP contribution in [0.5, 0.6) is 0 Å². The smallest absolute Gasteiger partial charge is 0.329 e. The molecule has 17 atom stereocenters. The van der Waals surface area contributed by atoms with Gasteiger partial charge in [0.2, 0.25) is 70.9 Å². The third-order valence-electron chi connectivity index (χ3n) is 20.5. The summed E-state index contributed by atoms with van der Waals surface area (Å²) in [4.78, 5) is 204. The summed E-state index contributed by atoms with van der Waals surface area (Å²) < 4.78 is 6.59. The van der Waals surface area contributed by atoms with Gasteiger partial charge in [-0.25, -0.2) is 4.79 Å². The first kappa shape index (κ1) is 94.7. The Morgan fingerprint density at radius 1 is 0.596 bits per heavy atom. The maximum atomic E-state index is 15.2. The van der Waals surface area contributed by atoms with E-state index < -0.39 is 203 Å². The second-order valence-electron chi connectivity index (χ2n) is 32.5. The van der Waals surface area contributed by atoms with Crippen LogP contribution < -0.4 is 63.8 Å². The highest BCUT2D eigenvalue weighted by atomic mass is 16.5. The van der Waals surface area contributed by atoms with Gasteiger partial charge in [-0.1, -0.05) is 166 Å². The van der Waals surface area contributed by atoms with Crippen molar-refractivity contribution in [1.82, 2.24) is 68.7 Å². The van der Waals surface area contributed by atoms with Crippen molar-refractivity contribution in [2.45, 2.75) is 287 Å². The Bertz CT molecular complexity index is 3280. The summed E-state index contributed by atoms with van der Waals surface area (Å²) in [5.74, 6) is -15.0. The first-order chi connectivity index (χ1) is 50.9. The Balaban J connectivity index is 2.06. The molecule has 0 radical (unpaired) electrons. The second kappa shape index (κ2) is 45.0. The third kappa shape index (κ3) is 29.7. The van der Waals surface area contributed by atoms with Crippen molar-refractivity contribution < 1.29 is 81.4 Å². The van der Waals surface area contributed by atoms with E-state index in [0.717, 1.165) is 6.42 Å². The van der Waals surface area contributed by atoms with Gasteiger partial charge >= 0.3 is 5.97 Å². The largest absolute Gasteiger partial charge is 0.458 e. The minimum atomic E-state index is -1.82. The molecule has 2 aliphatic heterocycles. The molecule has 13 amide bonds. The van der Waals surface area contributed by atoms with Crippen LogP contribution in [0.25, 0.3) is 0 Å². The molecule has 0 aliphatic carbocycles. The predicted molar refractivity (Wildman–Crippen MR) is 414 cm³/mol. The molecule has 13 N–H and O–H groups in total. The second-order valence-corrected chi connectivity index (χ2v) is 32.5. The normalized spacial score (nSPS) is 22.6. The summed E-state index contributed by atoms with van der Waals surface area (Å²) in [6.45, 7) is 32.6. The average Bonchev–Trinajstić information content (AvgIpc) is 1.79. The molecule has 1 aromatic carbocycles. The number of carbonyl (C=O) groups excluding carboxylic acids is 14. The number of aliphatic hydroxyl groups excluding tert-OH is 1. The molecule has 2 fully saturated rings. The summed E-state index contributed by atoms with van der Waals surface area (Å²) in [7, 11) is 6.00. The Morgan fingerprint density at radius 2 is 1.14 bits per heavy atom. The van der Waals surface area contributed by atoms with Crippen molar-refractivity contribution in [2.24, 2.45) is 47.3 Å². The fourth-order valence-corrected chi connectivity index (χ4v) is 12.7. The molecule has 30 nitrogen and oxygen atoms in total. The zero-order valence-corrected chi connectivity index (χ0v) is 68.8. The summed E-state index contributed by atoms with van der Waals surface area (Å²) in [6, 6.07) is -7.52. The molecule has 2 saturated heterocycles. The van der Waals surface area contributed by atoms with E-state index in [1.165, 1.54) is 31.7 Å². The zero-order chi connectivity index (χ0) is 82.6. The number of allylic oxidation sites excluding steroid dienone is 1. The standard InChI is InChI=1S/C79H132N14O16/c1-23-47(15)37-38-57(95)83-58(42(5)6)72(101)90-65(50(18)94)76(105)85-60(44(9)10)73(102)86-61(45(11)12)78(107)92-39-32-36-56(92)70(99)81-54(35-30-31-40-93(20,21)22)68(97)88-63(48(16)24-2)75(104)91-66-51(19)109-79(108)62(46(13)14)87-67(96)53(26-4)80-69(98)55(41-52-33-28-27-29-34-52)82-71(100)59(43(7)8)84-74(103)64(49(17)25-3)89-77(66)106/h26-29,33-34,42-51,54-56,58-66,94H,23-25,30-32,35-41H2,1-22H3,(H11-,80,81,82,83,84,85,86,87,88,89,90,91,95,96,97,98,99,100,101,102,103,104,105,106)/p+1/b53-26-/t47-,48+,49+,50+,51-,54-,55-,56+,58+,59+,60-,61+,62-,63+,64+,65-,66+/m0/s1. The molecule has 109 heavy (non-hydrogen) atoms. The van der Waals surface area contributed by atoms with Crippen LogP contribution in [0, 0.1) is 47.3 Å². The predicted octanol–water partition coefficient (Wildman–Crippen LogP) is 2.97. The minimum absolute atomic E-state index is 0.0326. The molecule has 2 heterocycles. The highest BCUT2D eigenvalue weighted by Gasteiger charge is 2.45. The molecular weight excluding hydrogens is 1400 g/mol. The van der Waals surface area contributed by atoms with E-state index in [1.807, 2.05) is 35.0 Å². The van der Waals surface area contributed by atoms with Crippen LogP contribution in [0.15, 0.2) is 42.1 Å². The molecule has 0 aromatic heterocycles. The number of esters is 1. The van der Waals surface area contributed by atoms with E-state index in [2.05, 4.69) is 63.8 Å². The summed E-state index contributed by atoms with van der Waals surface area (Å²) in [5, 5.41) is 43.6. The number of cyclic esters (lactones) is 1. The highest BCUT2D eigenvalue weighted by molar-refractivity contribution is 6.03. The van der Waals surface area contributed by atoms with Crippen LogP contribution in [0.4, 0.5) is 0 Å². The zero-order valence-electron chi connectivity index (χ0n) is 68.8. The first-order valence-corrected chi connectivity index (χ1v) is 39.3. The van der Waals surface area contributed by atoms with Crippen molar-refractivity contribution in [1.29, 1.82) is 0 Å². The molecule has 0 spiro atoms. The van der Waals surface area contributed by atoms with Crippen molar-refractivity contribution in [2.75, 3.05) is 34.2 Å². The average molecular weight is 1540 g/mol. The first-order valence-electron chi connectivity index (χ1n) is 39.3. The number of aliphatic hydroxyl groups is 1. The number of ether oxygens (including phenoxy) is 1. The lowest BCUT2D eigenvalue weighted by atomic mass is 9.95. The number of likely N-dealkylation sites (tertiary alicyclic amines) is 1. The molecule has 1 aromatic rings. The van der Waals surface area contributed by atoms with Gasteiger partial charge < -0.3 is 83.0 Å². The van der Waals surface area contributed by atoms with Crippen LogP contribution >= 0.6 is 0 Å². The third-order valence-corrected chi connectivity index (χ3v) is 20.5. The highest BCUT2D eigenvalue weighted by Crippen LogP contribution is 2.24. The Labute approximate surface area is 646 Å². The molecule has 0 bridgehead atoms. The van der Waals surface area contributed by atoms with Crippen LogP contribution in [0.3, 0.4) is 0 Å². The quantitative estimate of drug-likeness (QED) is 0.0201. The van der Waals surface area contributed by atoms with Gasteiger partial charge in [0.05, 0.1) is 33.8 Å². The van der Waals surface area contributed by atoms with E-state index in [4.69, 9.17) is 4.74 Å². The maximum Gasteiger partial charge on any atom is 0.329 e. The van der Waals surface area contributed by atoms with Crippen LogP contribution in [-0.2, 0) is 78.3 Å². The van der Waals surface area contributed by atoms with Crippen LogP contribution in [-0.4, -0.2) is 216 Å². The summed E-state index contributed by atoms with van der Waals surface area (Å²) >= 11 is 0.